The number of hydrogen-bond acceptors (Lipinski definition) is 5. The van der Waals surface area contributed by atoms with E-state index >= 15 is 0 Å². The molecule has 1 aromatic heterocycles. The molecule has 2 N–H and O–H groups in total. The molecule has 1 amide bonds. The number of carbonyl (C=O) groups excluding carboxylic acids is 1. The van der Waals surface area contributed by atoms with Gasteiger partial charge in [-0.25, -0.2) is 4.98 Å². The lowest BCUT2D eigenvalue weighted by atomic mass is 9.88. The molecular weight excluding hydrogens is 400 g/mol. The van der Waals surface area contributed by atoms with Crippen molar-refractivity contribution < 1.29 is 9.72 Å². The van der Waals surface area contributed by atoms with E-state index in [-0.39, 0.29) is 11.3 Å². The van der Waals surface area contributed by atoms with Crippen molar-refractivity contribution in [2.75, 3.05) is 18.0 Å². The van der Waals surface area contributed by atoms with Gasteiger partial charge in [0.2, 0.25) is 0 Å². The van der Waals surface area contributed by atoms with Gasteiger partial charge in [0.05, 0.1) is 10.5 Å². The van der Waals surface area contributed by atoms with Crippen molar-refractivity contribution in [2.45, 2.75) is 25.7 Å². The molecule has 0 spiro atoms. The number of hydrogen-bond donors (Lipinski definition) is 1. The Morgan fingerprint density at radius 1 is 1.35 bits per heavy atom. The number of carbonyl (C=O) groups is 1. The first-order valence-corrected chi connectivity index (χ1v) is 9.11. The molecule has 0 aliphatic carbocycles. The second kappa shape index (κ2) is 7.41. The van der Waals surface area contributed by atoms with Crippen molar-refractivity contribution in [3.63, 3.8) is 0 Å². The van der Waals surface area contributed by atoms with Crippen LogP contribution in [-0.4, -0.2) is 28.9 Å². The van der Waals surface area contributed by atoms with Gasteiger partial charge in [-0.2, -0.15) is 0 Å². The number of nitrogens with zero attached hydrogens (tertiary/aromatic N) is 3. The summed E-state index contributed by atoms with van der Waals surface area (Å²) in [6, 6.07) is 7.61. The molecule has 7 nitrogen and oxygen atoms in total. The minimum Gasteiger partial charge on any atom is -0.365 e. The highest BCUT2D eigenvalue weighted by Gasteiger charge is 2.26. The lowest BCUT2D eigenvalue weighted by molar-refractivity contribution is -0.385. The molecule has 1 aliphatic rings. The lowest BCUT2D eigenvalue weighted by Gasteiger charge is -2.33. The van der Waals surface area contributed by atoms with Crippen molar-refractivity contribution in [1.82, 2.24) is 4.98 Å². The van der Waals surface area contributed by atoms with Gasteiger partial charge in [0, 0.05) is 23.6 Å². The monoisotopic (exact) mass is 418 g/mol. The lowest BCUT2D eigenvalue weighted by Crippen LogP contribution is -2.35. The van der Waals surface area contributed by atoms with E-state index in [2.05, 4.69) is 46.0 Å². The number of nitro groups is 1. The average molecular weight is 419 g/mol. The van der Waals surface area contributed by atoms with Gasteiger partial charge in [-0.1, -0.05) is 28.1 Å². The summed E-state index contributed by atoms with van der Waals surface area (Å²) in [5.74, 6) is 0.156. The summed E-state index contributed by atoms with van der Waals surface area (Å²) >= 11 is 3.52. The van der Waals surface area contributed by atoms with Crippen LogP contribution in [0.3, 0.4) is 0 Å². The maximum atomic E-state index is 11.7. The second-order valence-corrected chi connectivity index (χ2v) is 7.31. The molecule has 0 saturated carbocycles. The van der Waals surface area contributed by atoms with Crippen LogP contribution >= 0.6 is 15.9 Å². The van der Waals surface area contributed by atoms with E-state index in [0.717, 1.165) is 17.3 Å². The number of benzene rings is 1. The Hall–Kier alpha value is -2.48. The summed E-state index contributed by atoms with van der Waals surface area (Å²) < 4.78 is 1.10. The highest BCUT2D eigenvalue weighted by Crippen LogP contribution is 2.33. The molecule has 0 bridgehead atoms. The maximum Gasteiger partial charge on any atom is 0.288 e. The van der Waals surface area contributed by atoms with E-state index in [9.17, 15) is 14.9 Å². The van der Waals surface area contributed by atoms with Crippen LogP contribution in [0.15, 0.2) is 34.9 Å². The van der Waals surface area contributed by atoms with Crippen molar-refractivity contribution in [2.24, 2.45) is 5.73 Å². The summed E-state index contributed by atoms with van der Waals surface area (Å²) in [6.45, 7) is 3.50. The minimum atomic E-state index is -0.707. The largest absolute Gasteiger partial charge is 0.365 e. The Labute approximate surface area is 159 Å². The zero-order valence-corrected chi connectivity index (χ0v) is 15.9. The highest BCUT2D eigenvalue weighted by atomic mass is 79.9. The first kappa shape index (κ1) is 18.3. The molecule has 1 saturated heterocycles. The molecule has 0 atom stereocenters. The quantitative estimate of drug-likeness (QED) is 0.603. The topological polar surface area (TPSA) is 102 Å². The van der Waals surface area contributed by atoms with E-state index in [4.69, 9.17) is 5.73 Å². The molecular formula is C18H19BrN4O3. The molecule has 136 valence electrons. The fourth-order valence-corrected chi connectivity index (χ4v) is 3.57. The first-order chi connectivity index (χ1) is 12.4. The summed E-state index contributed by atoms with van der Waals surface area (Å²) in [6.07, 6.45) is 3.00. The van der Waals surface area contributed by atoms with Crippen LogP contribution in [0.4, 0.5) is 11.5 Å². The second-order valence-electron chi connectivity index (χ2n) is 6.46. The van der Waals surface area contributed by atoms with E-state index < -0.39 is 10.8 Å². The summed E-state index contributed by atoms with van der Waals surface area (Å²) in [7, 11) is 0. The first-order valence-electron chi connectivity index (χ1n) is 8.32. The zero-order valence-electron chi connectivity index (χ0n) is 14.3. The summed E-state index contributed by atoms with van der Waals surface area (Å²) in [4.78, 5) is 28.2. The number of nitrogens with two attached hydrogens (primary N) is 1. The molecule has 3 rings (SSSR count). The smallest absolute Gasteiger partial charge is 0.288 e. The number of halogens is 1. The third-order valence-corrected chi connectivity index (χ3v) is 5.67. The molecule has 1 aliphatic heterocycles. The van der Waals surface area contributed by atoms with Crippen LogP contribution in [0.25, 0.3) is 0 Å². The maximum absolute atomic E-state index is 11.7. The van der Waals surface area contributed by atoms with Gasteiger partial charge in [0.25, 0.3) is 11.6 Å². The number of anilines is 1. The van der Waals surface area contributed by atoms with Crippen LogP contribution in [-0.2, 0) is 0 Å². The van der Waals surface area contributed by atoms with Gasteiger partial charge in [-0.15, -0.1) is 0 Å². The standard InChI is InChI=1S/C18H19BrN4O3/c1-11-8-13(2-3-16(11)19)12-4-6-22(7-5-12)18-15(17(20)24)9-14(10-21-18)23(25)26/h2-3,8-10,12H,4-7H2,1H3,(H2,20,24). The molecule has 0 unspecified atom stereocenters. The van der Waals surface area contributed by atoms with Gasteiger partial charge in [-0.05, 0) is 42.9 Å². The van der Waals surface area contributed by atoms with Crippen molar-refractivity contribution in [1.29, 1.82) is 0 Å². The van der Waals surface area contributed by atoms with Gasteiger partial charge in [0.15, 0.2) is 0 Å². The molecule has 2 heterocycles. The minimum absolute atomic E-state index is 0.0946. The van der Waals surface area contributed by atoms with Crippen LogP contribution in [0.2, 0.25) is 0 Å². The Bertz CT molecular complexity index is 864. The van der Waals surface area contributed by atoms with Crippen LogP contribution in [0, 0.1) is 17.0 Å². The SMILES string of the molecule is Cc1cc(C2CCN(c3ncc([N+](=O)[O-])cc3C(N)=O)CC2)ccc1Br. The third kappa shape index (κ3) is 3.70. The fourth-order valence-electron chi connectivity index (χ4n) is 3.33. The number of aromatic nitrogens is 1. The van der Waals surface area contributed by atoms with Gasteiger partial charge >= 0.3 is 0 Å². The van der Waals surface area contributed by atoms with Crippen LogP contribution in [0.5, 0.6) is 0 Å². The van der Waals surface area contributed by atoms with E-state index in [1.165, 1.54) is 23.4 Å². The Kier molecular flexibility index (Phi) is 5.22. The zero-order chi connectivity index (χ0) is 18.8. The van der Waals surface area contributed by atoms with Crippen molar-refractivity contribution >= 4 is 33.3 Å². The van der Waals surface area contributed by atoms with Crippen molar-refractivity contribution in [3.8, 4) is 0 Å². The molecule has 2 aromatic rings. The number of primary amides is 1. The Balaban J connectivity index is 1.78. The number of aryl methyl sites for hydroxylation is 1. The highest BCUT2D eigenvalue weighted by molar-refractivity contribution is 9.10. The van der Waals surface area contributed by atoms with Gasteiger partial charge in [0.1, 0.15) is 12.0 Å². The Morgan fingerprint density at radius 2 is 2.04 bits per heavy atom. The van der Waals surface area contributed by atoms with Gasteiger partial charge < -0.3 is 10.6 Å². The summed E-state index contributed by atoms with van der Waals surface area (Å²) in [5.41, 5.74) is 7.78. The molecule has 8 heteroatoms. The molecule has 1 fully saturated rings. The predicted octanol–water partition coefficient (Wildman–Crippen LogP) is 3.54. The van der Waals surface area contributed by atoms with E-state index in [1.807, 2.05) is 4.90 Å². The number of rotatable bonds is 4. The normalized spacial score (nSPS) is 15.1. The molecule has 1 aromatic carbocycles. The van der Waals surface area contributed by atoms with Crippen molar-refractivity contribution in [3.05, 3.63) is 61.7 Å². The Morgan fingerprint density at radius 3 is 2.62 bits per heavy atom. The predicted molar refractivity (Wildman–Crippen MR) is 102 cm³/mol. The van der Waals surface area contributed by atoms with E-state index in [0.29, 0.717) is 24.8 Å². The van der Waals surface area contributed by atoms with Crippen LogP contribution in [0.1, 0.15) is 40.2 Å². The van der Waals surface area contributed by atoms with Crippen LogP contribution < -0.4 is 10.6 Å². The molecule has 0 radical (unpaired) electrons. The third-order valence-electron chi connectivity index (χ3n) is 4.78. The van der Waals surface area contributed by atoms with Gasteiger partial charge in [-0.3, -0.25) is 14.9 Å². The fraction of sp³-hybridized carbons (Fsp3) is 0.333. The number of pyridine rings is 1. The van der Waals surface area contributed by atoms with E-state index in [1.54, 1.807) is 0 Å². The average Bonchev–Trinajstić information content (AvgIpc) is 2.63. The molecule has 26 heavy (non-hydrogen) atoms. The summed E-state index contributed by atoms with van der Waals surface area (Å²) in [5, 5.41) is 10.9. The number of piperidine rings is 1. The number of amides is 1.